The van der Waals surface area contributed by atoms with E-state index in [1.807, 2.05) is 24.4 Å². The van der Waals surface area contributed by atoms with Gasteiger partial charge >= 0.3 is 0 Å². The summed E-state index contributed by atoms with van der Waals surface area (Å²) >= 11 is 0. The quantitative estimate of drug-likeness (QED) is 0.508. The van der Waals surface area contributed by atoms with E-state index < -0.39 is 0 Å². The van der Waals surface area contributed by atoms with Crippen molar-refractivity contribution in [3.05, 3.63) is 71.2 Å². The lowest BCUT2D eigenvalue weighted by atomic mass is 9.97. The third kappa shape index (κ3) is 2.51. The van der Waals surface area contributed by atoms with Crippen LogP contribution in [0.2, 0.25) is 0 Å². The molecule has 0 amide bonds. The first-order valence-corrected chi connectivity index (χ1v) is 8.85. The van der Waals surface area contributed by atoms with Crippen LogP contribution < -0.4 is 0 Å². The second-order valence-corrected chi connectivity index (χ2v) is 6.97. The molecule has 4 aromatic rings. The summed E-state index contributed by atoms with van der Waals surface area (Å²) in [7, 11) is 0. The minimum atomic E-state index is -0.222. The Balaban J connectivity index is 1.74. The number of hydrogen-bond acceptors (Lipinski definition) is 2. The number of fused-ring (bicyclic) bond motifs is 1. The van der Waals surface area contributed by atoms with Crippen LogP contribution >= 0.6 is 0 Å². The Morgan fingerprint density at radius 2 is 2.04 bits per heavy atom. The topological polar surface area (TPSA) is 50.3 Å². The minimum Gasteiger partial charge on any atom is -0.362 e. The van der Waals surface area contributed by atoms with Crippen molar-refractivity contribution in [2.75, 3.05) is 0 Å². The van der Waals surface area contributed by atoms with E-state index in [0.717, 1.165) is 46.6 Å². The molecule has 5 nitrogen and oxygen atoms in total. The maximum absolute atomic E-state index is 13.7. The molecule has 5 rings (SSSR count). The zero-order chi connectivity index (χ0) is 18.5. The highest BCUT2D eigenvalue weighted by Gasteiger charge is 2.31. The highest BCUT2D eigenvalue weighted by Crippen LogP contribution is 2.46. The van der Waals surface area contributed by atoms with Crippen LogP contribution in [0.3, 0.4) is 0 Å². The molecule has 1 N–H and O–H groups in total. The molecule has 1 fully saturated rings. The van der Waals surface area contributed by atoms with Gasteiger partial charge in [0.2, 0.25) is 5.65 Å². The fraction of sp³-hybridized carbons (Fsp3) is 0.190. The number of aryl methyl sites for hydroxylation is 1. The Hall–Kier alpha value is -3.46. The van der Waals surface area contributed by atoms with Crippen molar-refractivity contribution in [3.8, 4) is 22.4 Å². The molecule has 0 bridgehead atoms. The van der Waals surface area contributed by atoms with Gasteiger partial charge in [-0.25, -0.2) is 13.8 Å². The summed E-state index contributed by atoms with van der Waals surface area (Å²) in [4.78, 5) is 7.81. The highest BCUT2D eigenvalue weighted by atomic mass is 19.1. The van der Waals surface area contributed by atoms with Gasteiger partial charge in [-0.15, -0.1) is 0 Å². The van der Waals surface area contributed by atoms with Crippen LogP contribution in [0.25, 0.3) is 32.9 Å². The second kappa shape index (κ2) is 5.78. The smallest absolute Gasteiger partial charge is 0.254 e. The predicted molar refractivity (Wildman–Crippen MR) is 101 cm³/mol. The molecular formula is C21H16FN5. The van der Waals surface area contributed by atoms with E-state index in [1.165, 1.54) is 6.07 Å². The summed E-state index contributed by atoms with van der Waals surface area (Å²) in [6.45, 7) is 9.10. The average Bonchev–Trinajstić information content (AvgIpc) is 3.29. The van der Waals surface area contributed by atoms with Gasteiger partial charge in [0, 0.05) is 34.4 Å². The molecule has 3 aromatic heterocycles. The number of halogens is 1. The van der Waals surface area contributed by atoms with Gasteiger partial charge in [0.05, 0.1) is 12.4 Å². The number of imidazole rings is 1. The first kappa shape index (κ1) is 15.8. The van der Waals surface area contributed by atoms with Crippen LogP contribution in [0.1, 0.15) is 30.0 Å². The van der Waals surface area contributed by atoms with Gasteiger partial charge in [-0.3, -0.25) is 5.10 Å². The van der Waals surface area contributed by atoms with Gasteiger partial charge in [-0.05, 0) is 49.6 Å². The number of rotatable bonds is 3. The molecule has 1 saturated carbocycles. The van der Waals surface area contributed by atoms with E-state index >= 15 is 0 Å². The molecule has 0 unspecified atom stereocenters. The zero-order valence-electron chi connectivity index (χ0n) is 14.7. The number of nitrogens with one attached hydrogen (secondary N) is 1. The standard InChI is InChI=1S/C21H16FN5/c1-12-9-14(5-7-16(12)22)21-19(20(25-26-21)13-3-4-13)15-6-8-17-24-10-18(23-2)27(17)11-15/h5-11,13H,3-4H2,1H3,(H,25,26). The summed E-state index contributed by atoms with van der Waals surface area (Å²) in [6.07, 6.45) is 5.79. The molecule has 0 atom stereocenters. The molecule has 1 aliphatic carbocycles. The van der Waals surface area contributed by atoms with Crippen molar-refractivity contribution in [3.63, 3.8) is 0 Å². The van der Waals surface area contributed by atoms with E-state index in [1.54, 1.807) is 23.6 Å². The number of pyridine rings is 1. The average molecular weight is 357 g/mol. The summed E-state index contributed by atoms with van der Waals surface area (Å²) in [6, 6.07) is 8.99. The summed E-state index contributed by atoms with van der Waals surface area (Å²) in [5.41, 5.74) is 6.12. The molecule has 0 radical (unpaired) electrons. The molecule has 1 aliphatic rings. The van der Waals surface area contributed by atoms with Crippen LogP contribution in [0.5, 0.6) is 0 Å². The molecule has 0 saturated heterocycles. The van der Waals surface area contributed by atoms with Crippen molar-refractivity contribution >= 4 is 11.5 Å². The van der Waals surface area contributed by atoms with Gasteiger partial charge < -0.3 is 4.85 Å². The number of aromatic nitrogens is 4. The summed E-state index contributed by atoms with van der Waals surface area (Å²) in [5, 5.41) is 7.78. The third-order valence-electron chi connectivity index (χ3n) is 5.10. The predicted octanol–water partition coefficient (Wildman–Crippen LogP) is 5.27. The maximum atomic E-state index is 13.7. The molecular weight excluding hydrogens is 341 g/mol. The summed E-state index contributed by atoms with van der Waals surface area (Å²) < 4.78 is 15.5. The number of benzene rings is 1. The Morgan fingerprint density at radius 1 is 1.22 bits per heavy atom. The lowest BCUT2D eigenvalue weighted by molar-refractivity contribution is 0.619. The fourth-order valence-electron chi connectivity index (χ4n) is 3.51. The van der Waals surface area contributed by atoms with Gasteiger partial charge in [0.25, 0.3) is 5.82 Å². The fourth-order valence-corrected chi connectivity index (χ4v) is 3.51. The van der Waals surface area contributed by atoms with E-state index in [4.69, 9.17) is 6.57 Å². The Bertz CT molecular complexity index is 1220. The Kier molecular flexibility index (Phi) is 3.37. The first-order valence-electron chi connectivity index (χ1n) is 8.85. The number of hydrogen-bond donors (Lipinski definition) is 1. The molecule has 27 heavy (non-hydrogen) atoms. The van der Waals surface area contributed by atoms with E-state index in [0.29, 0.717) is 17.3 Å². The monoisotopic (exact) mass is 357 g/mol. The lowest BCUT2D eigenvalue weighted by Gasteiger charge is -2.07. The lowest BCUT2D eigenvalue weighted by Crippen LogP contribution is -1.91. The van der Waals surface area contributed by atoms with Crippen LogP contribution in [0.4, 0.5) is 10.2 Å². The molecule has 6 heteroatoms. The maximum Gasteiger partial charge on any atom is 0.254 e. The Labute approximate surface area is 155 Å². The van der Waals surface area contributed by atoms with Crippen LogP contribution in [-0.2, 0) is 0 Å². The highest BCUT2D eigenvalue weighted by molar-refractivity contribution is 5.84. The molecule has 1 aromatic carbocycles. The molecule has 3 heterocycles. The third-order valence-corrected chi connectivity index (χ3v) is 5.10. The molecule has 0 spiro atoms. The van der Waals surface area contributed by atoms with E-state index in [9.17, 15) is 4.39 Å². The van der Waals surface area contributed by atoms with Crippen LogP contribution in [0, 0.1) is 19.3 Å². The van der Waals surface area contributed by atoms with Crippen molar-refractivity contribution in [2.45, 2.75) is 25.7 Å². The SMILES string of the molecule is [C-]#[N+]c1cnc2ccc(-c3c(-c4ccc(F)c(C)c4)n[nH]c3C3CC3)cn12. The van der Waals surface area contributed by atoms with Gasteiger partial charge in [-0.1, -0.05) is 6.57 Å². The number of aromatic amines is 1. The van der Waals surface area contributed by atoms with Crippen molar-refractivity contribution in [1.82, 2.24) is 19.6 Å². The molecule has 132 valence electrons. The van der Waals surface area contributed by atoms with Gasteiger partial charge in [-0.2, -0.15) is 5.10 Å². The first-order chi connectivity index (χ1) is 13.2. The number of H-pyrrole nitrogens is 1. The summed E-state index contributed by atoms with van der Waals surface area (Å²) in [5.74, 6) is 0.726. The van der Waals surface area contributed by atoms with Crippen molar-refractivity contribution in [2.24, 2.45) is 0 Å². The largest absolute Gasteiger partial charge is 0.362 e. The van der Waals surface area contributed by atoms with E-state index in [-0.39, 0.29) is 5.82 Å². The second-order valence-electron chi connectivity index (χ2n) is 6.97. The van der Waals surface area contributed by atoms with Crippen molar-refractivity contribution < 1.29 is 4.39 Å². The van der Waals surface area contributed by atoms with Crippen LogP contribution in [0.15, 0.2) is 42.7 Å². The van der Waals surface area contributed by atoms with Gasteiger partial charge in [0.1, 0.15) is 11.5 Å². The van der Waals surface area contributed by atoms with E-state index in [2.05, 4.69) is 20.0 Å². The minimum absolute atomic E-state index is 0.222. The molecule has 0 aliphatic heterocycles. The van der Waals surface area contributed by atoms with Crippen LogP contribution in [-0.4, -0.2) is 19.6 Å². The van der Waals surface area contributed by atoms with Crippen molar-refractivity contribution in [1.29, 1.82) is 0 Å². The van der Waals surface area contributed by atoms with Gasteiger partial charge in [0.15, 0.2) is 0 Å². The Morgan fingerprint density at radius 3 is 2.78 bits per heavy atom. The normalized spacial score (nSPS) is 13.8. The number of nitrogens with zero attached hydrogens (tertiary/aromatic N) is 4. The zero-order valence-corrected chi connectivity index (χ0v) is 14.7.